The van der Waals surface area contributed by atoms with Crippen LogP contribution in [0.15, 0.2) is 0 Å². The summed E-state index contributed by atoms with van der Waals surface area (Å²) >= 11 is 0. The van der Waals surface area contributed by atoms with E-state index in [2.05, 4.69) is 6.92 Å². The number of rotatable bonds is 0. The van der Waals surface area contributed by atoms with Crippen molar-refractivity contribution in [3.63, 3.8) is 0 Å². The second-order valence-corrected chi connectivity index (χ2v) is 2.33. The highest BCUT2D eigenvalue weighted by Crippen LogP contribution is 2.10. The van der Waals surface area contributed by atoms with Gasteiger partial charge in [0.2, 0.25) is 0 Å². The van der Waals surface area contributed by atoms with Crippen LogP contribution in [0.1, 0.15) is 19.8 Å². The molecule has 0 aromatic heterocycles. The molecule has 0 aliphatic carbocycles. The van der Waals surface area contributed by atoms with E-state index < -0.39 is 0 Å². The fourth-order valence-corrected chi connectivity index (χ4v) is 0.761. The van der Waals surface area contributed by atoms with E-state index in [1.54, 1.807) is 0 Å². The lowest BCUT2D eigenvalue weighted by atomic mass is 10.1. The second-order valence-electron chi connectivity index (χ2n) is 2.33. The van der Waals surface area contributed by atoms with Crippen LogP contribution in [-0.4, -0.2) is 13.2 Å². The number of hydrogen-bond donors (Lipinski definition) is 0. The molecule has 1 saturated heterocycles. The average Bonchev–Trinajstić information content (AvgIpc) is 1.94. The summed E-state index contributed by atoms with van der Waals surface area (Å²) in [7, 11) is 0. The minimum absolute atomic E-state index is 0.765. The quantitative estimate of drug-likeness (QED) is 0.445. The molecule has 0 saturated carbocycles. The molecule has 0 bridgehead atoms. The van der Waals surface area contributed by atoms with Gasteiger partial charge in [0.05, 0.1) is 13.2 Å². The summed E-state index contributed by atoms with van der Waals surface area (Å²) in [6, 6.07) is 0. The molecule has 0 spiro atoms. The molecule has 0 atom stereocenters. The molecule has 2 nitrogen and oxygen atoms in total. The van der Waals surface area contributed by atoms with Crippen molar-refractivity contribution >= 4 is 0 Å². The highest BCUT2D eigenvalue weighted by atomic mass is 17.2. The Bertz CT molecular complexity index is 55.5. The van der Waals surface area contributed by atoms with E-state index in [1.807, 2.05) is 0 Å². The standard InChI is InChI=1S/C6H12O2/c1-6-2-4-7-8-5-3-6/h6H,2-5H2,1H3. The van der Waals surface area contributed by atoms with E-state index in [0.717, 1.165) is 32.0 Å². The maximum Gasteiger partial charge on any atom is 0.0824 e. The lowest BCUT2D eigenvalue weighted by molar-refractivity contribution is -0.287. The smallest absolute Gasteiger partial charge is 0.0824 e. The predicted octanol–water partition coefficient (Wildman–Crippen LogP) is 1.36. The Balaban J connectivity index is 2.17. The summed E-state index contributed by atoms with van der Waals surface area (Å²) in [6.07, 6.45) is 2.28. The van der Waals surface area contributed by atoms with Crippen molar-refractivity contribution < 1.29 is 9.78 Å². The molecule has 0 radical (unpaired) electrons. The van der Waals surface area contributed by atoms with Crippen LogP contribution in [-0.2, 0) is 9.78 Å². The minimum atomic E-state index is 0.765. The molecular weight excluding hydrogens is 104 g/mol. The van der Waals surface area contributed by atoms with E-state index >= 15 is 0 Å². The molecule has 0 aromatic carbocycles. The third-order valence-corrected chi connectivity index (χ3v) is 1.47. The van der Waals surface area contributed by atoms with Gasteiger partial charge in [-0.2, -0.15) is 0 Å². The van der Waals surface area contributed by atoms with E-state index in [-0.39, 0.29) is 0 Å². The van der Waals surface area contributed by atoms with Crippen molar-refractivity contribution in [3.8, 4) is 0 Å². The SMILES string of the molecule is CC1CCOOCC1. The van der Waals surface area contributed by atoms with Crippen molar-refractivity contribution in [2.24, 2.45) is 5.92 Å². The van der Waals surface area contributed by atoms with Gasteiger partial charge in [-0.05, 0) is 18.8 Å². The molecule has 0 unspecified atom stereocenters. The first-order chi connectivity index (χ1) is 3.89. The molecule has 1 rings (SSSR count). The Labute approximate surface area is 49.7 Å². The highest BCUT2D eigenvalue weighted by molar-refractivity contribution is 4.52. The summed E-state index contributed by atoms with van der Waals surface area (Å²) < 4.78 is 0. The summed E-state index contributed by atoms with van der Waals surface area (Å²) in [5.41, 5.74) is 0. The van der Waals surface area contributed by atoms with Gasteiger partial charge >= 0.3 is 0 Å². The van der Waals surface area contributed by atoms with Crippen molar-refractivity contribution in [1.29, 1.82) is 0 Å². The van der Waals surface area contributed by atoms with Crippen LogP contribution in [0.2, 0.25) is 0 Å². The van der Waals surface area contributed by atoms with Crippen LogP contribution in [0.25, 0.3) is 0 Å². The van der Waals surface area contributed by atoms with Crippen molar-refractivity contribution in [2.75, 3.05) is 13.2 Å². The molecule has 1 aliphatic heterocycles. The summed E-state index contributed by atoms with van der Waals surface area (Å²) in [4.78, 5) is 9.53. The first kappa shape index (κ1) is 6.05. The Kier molecular flexibility index (Phi) is 2.30. The lowest BCUT2D eigenvalue weighted by Crippen LogP contribution is -1.94. The van der Waals surface area contributed by atoms with E-state index in [4.69, 9.17) is 9.78 Å². The maximum atomic E-state index is 4.76. The summed E-state index contributed by atoms with van der Waals surface area (Å²) in [6.45, 7) is 3.75. The fourth-order valence-electron chi connectivity index (χ4n) is 0.761. The molecule has 1 heterocycles. The molecule has 0 aromatic rings. The van der Waals surface area contributed by atoms with Crippen LogP contribution in [0.5, 0.6) is 0 Å². The highest BCUT2D eigenvalue weighted by Gasteiger charge is 2.06. The molecule has 48 valence electrons. The van der Waals surface area contributed by atoms with Crippen LogP contribution >= 0.6 is 0 Å². The van der Waals surface area contributed by atoms with Gasteiger partial charge < -0.3 is 0 Å². The zero-order valence-electron chi connectivity index (χ0n) is 5.22. The van der Waals surface area contributed by atoms with E-state index in [0.29, 0.717) is 0 Å². The monoisotopic (exact) mass is 116 g/mol. The predicted molar refractivity (Wildman–Crippen MR) is 30.3 cm³/mol. The van der Waals surface area contributed by atoms with Crippen molar-refractivity contribution in [1.82, 2.24) is 0 Å². The molecule has 1 fully saturated rings. The lowest BCUT2D eigenvalue weighted by Gasteiger charge is -2.00. The Morgan fingerprint density at radius 3 is 2.12 bits per heavy atom. The van der Waals surface area contributed by atoms with Gasteiger partial charge in [-0.25, -0.2) is 9.78 Å². The topological polar surface area (TPSA) is 18.5 Å². The van der Waals surface area contributed by atoms with E-state index in [9.17, 15) is 0 Å². The summed E-state index contributed by atoms with van der Waals surface area (Å²) in [5.74, 6) is 0.775. The van der Waals surface area contributed by atoms with E-state index in [1.165, 1.54) is 0 Å². The first-order valence-electron chi connectivity index (χ1n) is 3.14. The van der Waals surface area contributed by atoms with Gasteiger partial charge in [0.25, 0.3) is 0 Å². The van der Waals surface area contributed by atoms with Gasteiger partial charge in [-0.15, -0.1) is 0 Å². The average molecular weight is 116 g/mol. The van der Waals surface area contributed by atoms with Crippen LogP contribution in [0, 0.1) is 5.92 Å². The molecule has 2 heteroatoms. The fraction of sp³-hybridized carbons (Fsp3) is 1.00. The molecular formula is C6H12O2. The largest absolute Gasteiger partial charge is 0.237 e. The zero-order chi connectivity index (χ0) is 5.82. The minimum Gasteiger partial charge on any atom is -0.237 e. The van der Waals surface area contributed by atoms with Crippen LogP contribution in [0.4, 0.5) is 0 Å². The van der Waals surface area contributed by atoms with Gasteiger partial charge in [0, 0.05) is 0 Å². The molecule has 8 heavy (non-hydrogen) atoms. The van der Waals surface area contributed by atoms with Crippen LogP contribution < -0.4 is 0 Å². The molecule has 1 aliphatic rings. The first-order valence-corrected chi connectivity index (χ1v) is 3.14. The Morgan fingerprint density at radius 1 is 1.12 bits per heavy atom. The molecule has 0 N–H and O–H groups in total. The van der Waals surface area contributed by atoms with Gasteiger partial charge in [-0.1, -0.05) is 6.92 Å². The second kappa shape index (κ2) is 3.05. The van der Waals surface area contributed by atoms with Gasteiger partial charge in [0.15, 0.2) is 0 Å². The third-order valence-electron chi connectivity index (χ3n) is 1.47. The Hall–Kier alpha value is -0.0800. The zero-order valence-corrected chi connectivity index (χ0v) is 5.22. The Morgan fingerprint density at radius 2 is 1.62 bits per heavy atom. The van der Waals surface area contributed by atoms with Crippen LogP contribution in [0.3, 0.4) is 0 Å². The molecule has 0 amide bonds. The maximum absolute atomic E-state index is 4.76. The van der Waals surface area contributed by atoms with Gasteiger partial charge in [0.1, 0.15) is 0 Å². The van der Waals surface area contributed by atoms with Crippen molar-refractivity contribution in [3.05, 3.63) is 0 Å². The van der Waals surface area contributed by atoms with Gasteiger partial charge in [-0.3, -0.25) is 0 Å². The van der Waals surface area contributed by atoms with Crippen molar-refractivity contribution in [2.45, 2.75) is 19.8 Å². The normalized spacial score (nSPS) is 25.1. The number of hydrogen-bond acceptors (Lipinski definition) is 2. The summed E-state index contributed by atoms with van der Waals surface area (Å²) in [5, 5.41) is 0. The third kappa shape index (κ3) is 1.80.